The maximum Gasteiger partial charge on any atom is 0.264 e. The van der Waals surface area contributed by atoms with Gasteiger partial charge in [0, 0.05) is 17.6 Å². The van der Waals surface area contributed by atoms with Crippen molar-refractivity contribution in [2.24, 2.45) is 5.92 Å². The summed E-state index contributed by atoms with van der Waals surface area (Å²) in [4.78, 5) is 52.0. The molecule has 0 spiro atoms. The van der Waals surface area contributed by atoms with Crippen molar-refractivity contribution in [2.75, 3.05) is 5.32 Å². The summed E-state index contributed by atoms with van der Waals surface area (Å²) in [5.74, 6) is -1.59. The van der Waals surface area contributed by atoms with Gasteiger partial charge in [-0.1, -0.05) is 11.3 Å². The number of aromatic nitrogens is 3. The molecule has 1 aromatic carbocycles. The molecule has 0 radical (unpaired) electrons. The van der Waals surface area contributed by atoms with Gasteiger partial charge in [-0.25, -0.2) is 4.68 Å². The van der Waals surface area contributed by atoms with Gasteiger partial charge in [-0.15, -0.1) is 5.10 Å². The van der Waals surface area contributed by atoms with Crippen LogP contribution in [0.3, 0.4) is 0 Å². The van der Waals surface area contributed by atoms with E-state index in [-0.39, 0.29) is 53.9 Å². The molecule has 1 N–H and O–H groups in total. The van der Waals surface area contributed by atoms with E-state index in [4.69, 9.17) is 0 Å². The van der Waals surface area contributed by atoms with E-state index in [1.807, 2.05) is 20.0 Å². The number of ketones is 2. The van der Waals surface area contributed by atoms with Gasteiger partial charge in [0.15, 0.2) is 5.78 Å². The minimum atomic E-state index is -1.16. The van der Waals surface area contributed by atoms with Gasteiger partial charge in [-0.3, -0.25) is 24.1 Å². The lowest BCUT2D eigenvalue weighted by atomic mass is 9.57. The number of nitrogens with zero attached hydrogens (tertiary/aromatic N) is 4. The average molecular weight is 407 g/mol. The summed E-state index contributed by atoms with van der Waals surface area (Å²) < 4.78 is 1.74. The Bertz CT molecular complexity index is 1110. The third-order valence-electron chi connectivity index (χ3n) is 6.37. The van der Waals surface area contributed by atoms with Crippen LogP contribution >= 0.6 is 0 Å². The largest absolute Gasteiger partial charge is 0.379 e. The molecule has 3 aliphatic carbocycles. The highest BCUT2D eigenvalue weighted by Crippen LogP contribution is 2.51. The molecule has 6 rings (SSSR count). The molecule has 2 bridgehead atoms. The van der Waals surface area contributed by atoms with Gasteiger partial charge in [0.05, 0.1) is 30.3 Å². The zero-order valence-electron chi connectivity index (χ0n) is 16.7. The van der Waals surface area contributed by atoms with E-state index in [1.165, 1.54) is 0 Å². The molecule has 3 fully saturated rings. The number of imide groups is 1. The van der Waals surface area contributed by atoms with Crippen LogP contribution < -0.4 is 5.32 Å². The maximum absolute atomic E-state index is 13.3. The highest BCUT2D eigenvalue weighted by atomic mass is 16.2. The van der Waals surface area contributed by atoms with E-state index in [1.54, 1.807) is 22.9 Å². The zero-order chi connectivity index (χ0) is 21.2. The Kier molecular flexibility index (Phi) is 3.93. The van der Waals surface area contributed by atoms with Gasteiger partial charge in [0.2, 0.25) is 0 Å². The van der Waals surface area contributed by atoms with E-state index in [2.05, 4.69) is 15.6 Å². The first kappa shape index (κ1) is 18.7. The lowest BCUT2D eigenvalue weighted by Crippen LogP contribution is -2.68. The van der Waals surface area contributed by atoms with E-state index < -0.39 is 17.4 Å². The van der Waals surface area contributed by atoms with Crippen molar-refractivity contribution in [3.63, 3.8) is 0 Å². The number of rotatable bonds is 5. The molecule has 9 nitrogen and oxygen atoms in total. The van der Waals surface area contributed by atoms with Gasteiger partial charge >= 0.3 is 0 Å². The molecule has 1 aromatic heterocycles. The van der Waals surface area contributed by atoms with Crippen molar-refractivity contribution in [1.82, 2.24) is 19.9 Å². The van der Waals surface area contributed by atoms with Crippen molar-refractivity contribution < 1.29 is 19.2 Å². The van der Waals surface area contributed by atoms with Crippen molar-refractivity contribution in [2.45, 2.75) is 51.2 Å². The summed E-state index contributed by atoms with van der Waals surface area (Å²) in [7, 11) is 0. The fraction of sp³-hybridized carbons (Fsp3) is 0.429. The van der Waals surface area contributed by atoms with Crippen LogP contribution in [0.2, 0.25) is 0 Å². The molecule has 0 saturated heterocycles. The van der Waals surface area contributed by atoms with Crippen LogP contribution in [-0.2, 0) is 16.1 Å². The highest BCUT2D eigenvalue weighted by molar-refractivity contribution is 6.27. The molecular formula is C21H21N5O4. The SMILES string of the molecule is CC(C)n1cc(CNc2cccc3c2C(=O)N(C24CC(C2)C(=O)CC4=O)C3=O)nn1. The summed E-state index contributed by atoms with van der Waals surface area (Å²) in [6, 6.07) is 5.22. The molecule has 9 heteroatoms. The number of carbonyl (C=O) groups is 4. The summed E-state index contributed by atoms with van der Waals surface area (Å²) in [5, 5.41) is 11.4. The van der Waals surface area contributed by atoms with Gasteiger partial charge in [0.1, 0.15) is 17.0 Å². The van der Waals surface area contributed by atoms with Crippen LogP contribution in [0.1, 0.15) is 65.6 Å². The van der Waals surface area contributed by atoms with Crippen LogP contribution in [0, 0.1) is 5.92 Å². The minimum absolute atomic E-state index is 0.0877. The Hall–Kier alpha value is -3.36. The number of Topliss-reactive ketones (excluding diaryl/α,β-unsaturated/α-hetero) is 2. The number of nitrogens with one attached hydrogen (secondary N) is 1. The molecule has 0 atom stereocenters. The summed E-state index contributed by atoms with van der Waals surface area (Å²) in [6.07, 6.45) is 2.12. The van der Waals surface area contributed by atoms with Crippen molar-refractivity contribution >= 4 is 29.1 Å². The summed E-state index contributed by atoms with van der Waals surface area (Å²) in [6.45, 7) is 4.34. The fourth-order valence-corrected chi connectivity index (χ4v) is 4.64. The van der Waals surface area contributed by atoms with Gasteiger partial charge < -0.3 is 5.32 Å². The number of hydrogen-bond donors (Lipinski definition) is 1. The predicted octanol–water partition coefficient (Wildman–Crippen LogP) is 1.76. The normalized spacial score (nSPS) is 25.0. The van der Waals surface area contributed by atoms with Crippen LogP contribution in [0.15, 0.2) is 24.4 Å². The fourth-order valence-electron chi connectivity index (χ4n) is 4.64. The average Bonchev–Trinajstić information content (AvgIpc) is 3.24. The van der Waals surface area contributed by atoms with Gasteiger partial charge in [-0.2, -0.15) is 0 Å². The molecule has 0 unspecified atom stereocenters. The monoisotopic (exact) mass is 407 g/mol. The molecular weight excluding hydrogens is 386 g/mol. The second kappa shape index (κ2) is 6.32. The molecule has 1 aliphatic heterocycles. The topological polar surface area (TPSA) is 114 Å². The molecule has 2 heterocycles. The van der Waals surface area contributed by atoms with Crippen LogP contribution in [0.4, 0.5) is 5.69 Å². The number of amides is 2. The lowest BCUT2D eigenvalue weighted by molar-refractivity contribution is -0.153. The van der Waals surface area contributed by atoms with Crippen molar-refractivity contribution in [3.05, 3.63) is 41.2 Å². The number of carbonyl (C=O) groups excluding carboxylic acids is 4. The Balaban J connectivity index is 1.42. The summed E-state index contributed by atoms with van der Waals surface area (Å²) >= 11 is 0. The molecule has 154 valence electrons. The third-order valence-corrected chi connectivity index (χ3v) is 6.37. The lowest BCUT2D eigenvalue weighted by Gasteiger charge is -2.53. The van der Waals surface area contributed by atoms with Gasteiger partial charge in [-0.05, 0) is 38.8 Å². The number of fused-ring (bicyclic) bond motifs is 3. The first-order valence-electron chi connectivity index (χ1n) is 10.0. The first-order valence-corrected chi connectivity index (χ1v) is 10.0. The van der Waals surface area contributed by atoms with Crippen LogP contribution in [-0.4, -0.2) is 48.8 Å². The second-order valence-corrected chi connectivity index (χ2v) is 8.51. The van der Waals surface area contributed by atoms with Crippen molar-refractivity contribution in [1.29, 1.82) is 0 Å². The summed E-state index contributed by atoms with van der Waals surface area (Å²) in [5.41, 5.74) is 0.596. The van der Waals surface area contributed by atoms with E-state index >= 15 is 0 Å². The van der Waals surface area contributed by atoms with Crippen LogP contribution in [0.25, 0.3) is 0 Å². The standard InChI is InChI=1S/C21H21N5O4/c1-11(2)25-10-13(23-24-25)9-22-15-5-3-4-14-18(15)20(30)26(19(14)29)21-7-12(8-21)16(27)6-17(21)28/h3-5,10-12,22H,6-9H2,1-2H3. The van der Waals surface area contributed by atoms with Gasteiger partial charge in [0.25, 0.3) is 11.8 Å². The zero-order valence-corrected chi connectivity index (χ0v) is 16.7. The first-order chi connectivity index (χ1) is 14.3. The third kappa shape index (κ3) is 2.47. The smallest absolute Gasteiger partial charge is 0.264 e. The Morgan fingerprint density at radius 1 is 1.17 bits per heavy atom. The highest BCUT2D eigenvalue weighted by Gasteiger charge is 2.64. The number of benzene rings is 1. The molecule has 3 saturated carbocycles. The maximum atomic E-state index is 13.3. The molecule has 4 aliphatic rings. The molecule has 30 heavy (non-hydrogen) atoms. The Morgan fingerprint density at radius 3 is 2.60 bits per heavy atom. The molecule has 2 amide bonds. The van der Waals surface area contributed by atoms with E-state index in [0.29, 0.717) is 17.9 Å². The number of hydrogen-bond acceptors (Lipinski definition) is 7. The second-order valence-electron chi connectivity index (χ2n) is 8.51. The quantitative estimate of drug-likeness (QED) is 0.593. The predicted molar refractivity (Wildman–Crippen MR) is 105 cm³/mol. The molecule has 2 aromatic rings. The van der Waals surface area contributed by atoms with Crippen LogP contribution in [0.5, 0.6) is 0 Å². The van der Waals surface area contributed by atoms with E-state index in [0.717, 1.165) is 4.90 Å². The minimum Gasteiger partial charge on any atom is -0.379 e. The van der Waals surface area contributed by atoms with E-state index in [9.17, 15) is 19.2 Å². The Labute approximate surface area is 172 Å². The Morgan fingerprint density at radius 2 is 1.93 bits per heavy atom. The number of anilines is 1. The van der Waals surface area contributed by atoms with Crippen molar-refractivity contribution in [3.8, 4) is 0 Å².